The van der Waals surface area contributed by atoms with Crippen molar-refractivity contribution in [2.75, 3.05) is 0 Å². The largest absolute Gasteiger partial charge is 0.472 e. The Morgan fingerprint density at radius 1 is 1.43 bits per heavy atom. The SMILES string of the molecule is O=C(c1ccoc1)c1ccncc1Cl. The minimum atomic E-state index is -0.161. The molecule has 70 valence electrons. The van der Waals surface area contributed by atoms with Crippen LogP contribution in [0.2, 0.25) is 5.02 Å². The minimum absolute atomic E-state index is 0.161. The number of aromatic nitrogens is 1. The zero-order valence-electron chi connectivity index (χ0n) is 7.11. The van der Waals surface area contributed by atoms with E-state index in [1.165, 1.54) is 24.9 Å². The number of hydrogen-bond donors (Lipinski definition) is 0. The smallest absolute Gasteiger partial charge is 0.197 e. The van der Waals surface area contributed by atoms with Crippen LogP contribution in [0.25, 0.3) is 0 Å². The van der Waals surface area contributed by atoms with Crippen molar-refractivity contribution < 1.29 is 9.21 Å². The molecule has 3 nitrogen and oxygen atoms in total. The second kappa shape index (κ2) is 3.64. The summed E-state index contributed by atoms with van der Waals surface area (Å²) >= 11 is 5.82. The van der Waals surface area contributed by atoms with E-state index in [1.54, 1.807) is 12.1 Å². The first-order chi connectivity index (χ1) is 6.79. The minimum Gasteiger partial charge on any atom is -0.472 e. The van der Waals surface area contributed by atoms with E-state index in [9.17, 15) is 4.79 Å². The number of nitrogens with zero attached hydrogens (tertiary/aromatic N) is 1. The molecule has 0 fully saturated rings. The molecule has 2 aromatic heterocycles. The summed E-state index contributed by atoms with van der Waals surface area (Å²) in [7, 11) is 0. The van der Waals surface area contributed by atoms with Gasteiger partial charge in [-0.15, -0.1) is 0 Å². The maximum atomic E-state index is 11.8. The molecule has 0 radical (unpaired) electrons. The highest BCUT2D eigenvalue weighted by atomic mass is 35.5. The Hall–Kier alpha value is -1.61. The third-order valence-electron chi connectivity index (χ3n) is 1.80. The normalized spacial score (nSPS) is 10.1. The molecule has 0 bridgehead atoms. The molecule has 0 aliphatic carbocycles. The van der Waals surface area contributed by atoms with Gasteiger partial charge in [0.1, 0.15) is 6.26 Å². The van der Waals surface area contributed by atoms with Crippen LogP contribution < -0.4 is 0 Å². The maximum Gasteiger partial charge on any atom is 0.197 e. The zero-order valence-corrected chi connectivity index (χ0v) is 7.86. The van der Waals surface area contributed by atoms with Gasteiger partial charge in [0.05, 0.1) is 16.8 Å². The van der Waals surface area contributed by atoms with Crippen LogP contribution in [-0.4, -0.2) is 10.8 Å². The highest BCUT2D eigenvalue weighted by Crippen LogP contribution is 2.17. The lowest BCUT2D eigenvalue weighted by Crippen LogP contribution is -2.00. The van der Waals surface area contributed by atoms with E-state index in [4.69, 9.17) is 16.0 Å². The van der Waals surface area contributed by atoms with Gasteiger partial charge in [-0.1, -0.05) is 11.6 Å². The summed E-state index contributed by atoms with van der Waals surface area (Å²) in [6, 6.07) is 3.18. The van der Waals surface area contributed by atoms with E-state index in [0.717, 1.165) is 0 Å². The monoisotopic (exact) mass is 207 g/mol. The molecule has 0 aliphatic heterocycles. The predicted octanol–water partition coefficient (Wildman–Crippen LogP) is 2.56. The molecule has 4 heteroatoms. The molecule has 2 heterocycles. The molecule has 0 aromatic carbocycles. The lowest BCUT2D eigenvalue weighted by atomic mass is 10.1. The Labute approximate surface area is 85.3 Å². The van der Waals surface area contributed by atoms with Gasteiger partial charge in [0, 0.05) is 18.0 Å². The van der Waals surface area contributed by atoms with Gasteiger partial charge >= 0.3 is 0 Å². The van der Waals surface area contributed by atoms with Crippen molar-refractivity contribution in [2.24, 2.45) is 0 Å². The van der Waals surface area contributed by atoms with E-state index < -0.39 is 0 Å². The molecule has 0 saturated heterocycles. The second-order valence-corrected chi connectivity index (χ2v) is 3.10. The Morgan fingerprint density at radius 2 is 2.29 bits per heavy atom. The molecule has 14 heavy (non-hydrogen) atoms. The summed E-state index contributed by atoms with van der Waals surface area (Å²) in [6.07, 6.45) is 5.80. The quantitative estimate of drug-likeness (QED) is 0.711. The van der Waals surface area contributed by atoms with Crippen LogP contribution >= 0.6 is 11.6 Å². The fourth-order valence-corrected chi connectivity index (χ4v) is 1.31. The summed E-state index contributed by atoms with van der Waals surface area (Å²) in [5, 5.41) is 0.346. The summed E-state index contributed by atoms with van der Waals surface area (Å²) in [6.45, 7) is 0. The van der Waals surface area contributed by atoms with Crippen LogP contribution in [0.5, 0.6) is 0 Å². The Balaban J connectivity index is 2.42. The van der Waals surface area contributed by atoms with Gasteiger partial charge in [-0.25, -0.2) is 0 Å². The highest BCUT2D eigenvalue weighted by molar-refractivity contribution is 6.34. The van der Waals surface area contributed by atoms with Crippen LogP contribution in [0.4, 0.5) is 0 Å². The van der Waals surface area contributed by atoms with Crippen LogP contribution in [0.1, 0.15) is 15.9 Å². The molecule has 0 unspecified atom stereocenters. The van der Waals surface area contributed by atoms with Gasteiger partial charge in [0.2, 0.25) is 0 Å². The molecule has 0 spiro atoms. The van der Waals surface area contributed by atoms with Crippen molar-refractivity contribution in [1.29, 1.82) is 0 Å². The van der Waals surface area contributed by atoms with E-state index in [-0.39, 0.29) is 5.78 Å². The van der Waals surface area contributed by atoms with Gasteiger partial charge in [0.15, 0.2) is 5.78 Å². The van der Waals surface area contributed by atoms with Gasteiger partial charge in [-0.05, 0) is 12.1 Å². The van der Waals surface area contributed by atoms with Crippen molar-refractivity contribution in [3.63, 3.8) is 0 Å². The second-order valence-electron chi connectivity index (χ2n) is 2.70. The zero-order chi connectivity index (χ0) is 9.97. The number of furan rings is 1. The predicted molar refractivity (Wildman–Crippen MR) is 51.4 cm³/mol. The van der Waals surface area contributed by atoms with Crippen molar-refractivity contribution in [1.82, 2.24) is 4.98 Å². The van der Waals surface area contributed by atoms with Crippen molar-refractivity contribution >= 4 is 17.4 Å². The molecule has 0 saturated carbocycles. The molecule has 0 aliphatic rings. The van der Waals surface area contributed by atoms with Crippen LogP contribution in [-0.2, 0) is 0 Å². The lowest BCUT2D eigenvalue weighted by molar-refractivity contribution is 0.103. The Bertz CT molecular complexity index is 451. The lowest BCUT2D eigenvalue weighted by Gasteiger charge is -1.98. The molecule has 2 rings (SSSR count). The van der Waals surface area contributed by atoms with E-state index in [2.05, 4.69) is 4.98 Å². The number of pyridine rings is 1. The third-order valence-corrected chi connectivity index (χ3v) is 2.10. The molecule has 2 aromatic rings. The number of halogens is 1. The van der Waals surface area contributed by atoms with Gasteiger partial charge in [-0.2, -0.15) is 0 Å². The molecule has 0 amide bonds. The van der Waals surface area contributed by atoms with E-state index in [1.807, 2.05) is 0 Å². The van der Waals surface area contributed by atoms with Gasteiger partial charge in [0.25, 0.3) is 0 Å². The standard InChI is InChI=1S/C10H6ClNO2/c11-9-5-12-3-1-8(9)10(13)7-2-4-14-6-7/h1-6H. The Kier molecular flexibility index (Phi) is 2.33. The topological polar surface area (TPSA) is 43.1 Å². The highest BCUT2D eigenvalue weighted by Gasteiger charge is 2.13. The summed E-state index contributed by atoms with van der Waals surface area (Å²) in [4.78, 5) is 15.6. The van der Waals surface area contributed by atoms with Gasteiger partial charge in [-0.3, -0.25) is 9.78 Å². The van der Waals surface area contributed by atoms with Crippen molar-refractivity contribution in [2.45, 2.75) is 0 Å². The van der Waals surface area contributed by atoms with E-state index in [0.29, 0.717) is 16.1 Å². The number of rotatable bonds is 2. The Morgan fingerprint density at radius 3 is 2.93 bits per heavy atom. The first-order valence-electron chi connectivity index (χ1n) is 3.95. The number of carbonyl (C=O) groups is 1. The van der Waals surface area contributed by atoms with Crippen LogP contribution in [0.3, 0.4) is 0 Å². The molecular weight excluding hydrogens is 202 g/mol. The average molecular weight is 208 g/mol. The summed E-state index contributed by atoms with van der Waals surface area (Å²) in [5.74, 6) is -0.161. The van der Waals surface area contributed by atoms with Crippen LogP contribution in [0, 0.1) is 0 Å². The molecular formula is C10H6ClNO2. The van der Waals surface area contributed by atoms with Crippen molar-refractivity contribution in [3.8, 4) is 0 Å². The fraction of sp³-hybridized carbons (Fsp3) is 0. The number of carbonyl (C=O) groups excluding carboxylic acids is 1. The molecule has 0 N–H and O–H groups in total. The fourth-order valence-electron chi connectivity index (χ4n) is 1.11. The first-order valence-corrected chi connectivity index (χ1v) is 4.33. The maximum absolute atomic E-state index is 11.8. The molecule has 0 atom stereocenters. The van der Waals surface area contributed by atoms with E-state index >= 15 is 0 Å². The average Bonchev–Trinajstić information content (AvgIpc) is 2.70. The number of hydrogen-bond acceptors (Lipinski definition) is 3. The first kappa shape index (κ1) is 8.97. The van der Waals surface area contributed by atoms with Crippen LogP contribution in [0.15, 0.2) is 41.5 Å². The number of ketones is 1. The summed E-state index contributed by atoms with van der Waals surface area (Å²) in [5.41, 5.74) is 0.918. The third kappa shape index (κ3) is 1.54. The van der Waals surface area contributed by atoms with Gasteiger partial charge < -0.3 is 4.42 Å². The summed E-state index contributed by atoms with van der Waals surface area (Å²) < 4.78 is 4.82. The van der Waals surface area contributed by atoms with Crippen molar-refractivity contribution in [3.05, 3.63) is 53.2 Å².